The zero-order valence-electron chi connectivity index (χ0n) is 11.5. The van der Waals surface area contributed by atoms with Gasteiger partial charge >= 0.3 is 0 Å². The topological polar surface area (TPSA) is 67.9 Å². The summed E-state index contributed by atoms with van der Waals surface area (Å²) in [6.45, 7) is 2.97. The maximum Gasteiger partial charge on any atom is 0.243 e. The van der Waals surface area contributed by atoms with Crippen molar-refractivity contribution in [3.8, 4) is 11.5 Å². The van der Waals surface area contributed by atoms with Crippen LogP contribution in [-0.2, 0) is 10.0 Å². The van der Waals surface area contributed by atoms with E-state index >= 15 is 0 Å². The molecule has 0 bridgehead atoms. The Hall–Kier alpha value is -1.31. The summed E-state index contributed by atoms with van der Waals surface area (Å²) in [6, 6.07) is 3.51. The van der Waals surface area contributed by atoms with Crippen LogP contribution in [0.15, 0.2) is 17.0 Å². The Morgan fingerprint density at radius 2 is 2.00 bits per heavy atom. The number of hydrogen-bond donors (Lipinski definition) is 1. The van der Waals surface area contributed by atoms with Gasteiger partial charge in [0.05, 0.1) is 4.90 Å². The lowest BCUT2D eigenvalue weighted by Crippen LogP contribution is -2.33. The highest BCUT2D eigenvalue weighted by atomic mass is 32.2. The number of likely N-dealkylation sites (N-methyl/N-ethyl adjacent to an activating group) is 1. The van der Waals surface area contributed by atoms with Gasteiger partial charge in [-0.05, 0) is 32.0 Å². The number of ether oxygens (including phenoxy) is 2. The molecule has 0 aromatic heterocycles. The first kappa shape index (κ1) is 13.7. The summed E-state index contributed by atoms with van der Waals surface area (Å²) in [5, 5.41) is 3.12. The highest BCUT2D eigenvalue weighted by Crippen LogP contribution is 2.37. The van der Waals surface area contributed by atoms with E-state index < -0.39 is 10.0 Å². The third-order valence-electron chi connectivity index (χ3n) is 3.85. The highest BCUT2D eigenvalue weighted by molar-refractivity contribution is 7.89. The molecule has 2 aliphatic heterocycles. The average Bonchev–Trinajstić information content (AvgIpc) is 3.05. The third kappa shape index (κ3) is 2.15. The van der Waals surface area contributed by atoms with Crippen molar-refractivity contribution in [2.24, 2.45) is 0 Å². The number of fused-ring (bicyclic) bond motifs is 1. The van der Waals surface area contributed by atoms with Crippen LogP contribution in [-0.4, -0.2) is 45.7 Å². The van der Waals surface area contributed by atoms with Crippen LogP contribution < -0.4 is 14.8 Å². The van der Waals surface area contributed by atoms with E-state index in [1.165, 1.54) is 4.31 Å². The predicted octanol–water partition coefficient (Wildman–Crippen LogP) is 0.706. The van der Waals surface area contributed by atoms with Crippen molar-refractivity contribution in [3.05, 3.63) is 17.7 Å². The molecule has 1 aromatic carbocycles. The molecular formula is C13H18N2O4S. The standard InChI is InChI=1S/C13H18N2O4S/c1-9-5-11-12(19-8-18-11)6-13(9)20(16,17)15-4-3-10(7-15)14-2/h5-6,10,14H,3-4,7-8H2,1-2H3. The average molecular weight is 298 g/mol. The van der Waals surface area contributed by atoms with Gasteiger partial charge in [-0.1, -0.05) is 0 Å². The summed E-state index contributed by atoms with van der Waals surface area (Å²) in [7, 11) is -1.62. The molecule has 0 aliphatic carbocycles. The Bertz CT molecular complexity index is 630. The van der Waals surface area contributed by atoms with Crippen molar-refractivity contribution in [1.82, 2.24) is 9.62 Å². The Morgan fingerprint density at radius 3 is 2.65 bits per heavy atom. The van der Waals surface area contributed by atoms with Gasteiger partial charge in [0, 0.05) is 25.2 Å². The van der Waals surface area contributed by atoms with E-state index in [1.807, 2.05) is 7.05 Å². The number of nitrogens with zero attached hydrogens (tertiary/aromatic N) is 1. The molecule has 0 saturated carbocycles. The SMILES string of the molecule is CNC1CCN(S(=O)(=O)c2cc3c(cc2C)OCO3)C1. The van der Waals surface area contributed by atoms with Gasteiger partial charge in [-0.2, -0.15) is 4.31 Å². The maximum absolute atomic E-state index is 12.7. The largest absolute Gasteiger partial charge is 0.454 e. The molecule has 1 N–H and O–H groups in total. The van der Waals surface area contributed by atoms with E-state index in [4.69, 9.17) is 9.47 Å². The van der Waals surface area contributed by atoms with E-state index in [2.05, 4.69) is 5.32 Å². The van der Waals surface area contributed by atoms with Crippen molar-refractivity contribution in [1.29, 1.82) is 0 Å². The van der Waals surface area contributed by atoms with Crippen LogP contribution in [0.3, 0.4) is 0 Å². The Labute approximate surface area is 118 Å². The first-order valence-corrected chi connectivity index (χ1v) is 8.04. The zero-order valence-corrected chi connectivity index (χ0v) is 12.4. The molecule has 3 rings (SSSR count). The third-order valence-corrected chi connectivity index (χ3v) is 5.85. The van der Waals surface area contributed by atoms with Crippen molar-refractivity contribution >= 4 is 10.0 Å². The maximum atomic E-state index is 12.7. The Balaban J connectivity index is 1.96. The summed E-state index contributed by atoms with van der Waals surface area (Å²) in [4.78, 5) is 0.304. The smallest absolute Gasteiger partial charge is 0.243 e. The van der Waals surface area contributed by atoms with Crippen LogP contribution in [0, 0.1) is 6.92 Å². The number of hydrogen-bond acceptors (Lipinski definition) is 5. The van der Waals surface area contributed by atoms with Gasteiger partial charge in [-0.15, -0.1) is 0 Å². The van der Waals surface area contributed by atoms with E-state index in [9.17, 15) is 8.42 Å². The number of rotatable bonds is 3. The summed E-state index contributed by atoms with van der Waals surface area (Å²) in [6.07, 6.45) is 0.833. The van der Waals surface area contributed by atoms with Crippen LogP contribution in [0.25, 0.3) is 0 Å². The van der Waals surface area contributed by atoms with E-state index in [0.717, 1.165) is 6.42 Å². The number of aryl methyl sites for hydroxylation is 1. The molecule has 1 unspecified atom stereocenters. The minimum Gasteiger partial charge on any atom is -0.454 e. The quantitative estimate of drug-likeness (QED) is 0.890. The van der Waals surface area contributed by atoms with Gasteiger partial charge < -0.3 is 14.8 Å². The monoisotopic (exact) mass is 298 g/mol. The minimum absolute atomic E-state index is 0.143. The zero-order chi connectivity index (χ0) is 14.3. The molecule has 1 fully saturated rings. The van der Waals surface area contributed by atoms with E-state index in [0.29, 0.717) is 35.0 Å². The van der Waals surface area contributed by atoms with Crippen molar-refractivity contribution in [2.45, 2.75) is 24.3 Å². The minimum atomic E-state index is -3.48. The fourth-order valence-electron chi connectivity index (χ4n) is 2.62. The lowest BCUT2D eigenvalue weighted by atomic mass is 10.2. The lowest BCUT2D eigenvalue weighted by molar-refractivity contribution is 0.174. The molecule has 1 saturated heterocycles. The number of benzene rings is 1. The van der Waals surface area contributed by atoms with Crippen LogP contribution in [0.1, 0.15) is 12.0 Å². The normalized spacial score (nSPS) is 22.4. The van der Waals surface area contributed by atoms with Gasteiger partial charge in [0.1, 0.15) is 0 Å². The van der Waals surface area contributed by atoms with Crippen molar-refractivity contribution in [2.75, 3.05) is 26.9 Å². The fraction of sp³-hybridized carbons (Fsp3) is 0.538. The molecule has 1 atom stereocenters. The van der Waals surface area contributed by atoms with Crippen LogP contribution >= 0.6 is 0 Å². The first-order valence-electron chi connectivity index (χ1n) is 6.60. The molecule has 110 valence electrons. The molecule has 0 amide bonds. The fourth-order valence-corrected chi connectivity index (χ4v) is 4.35. The molecule has 6 nitrogen and oxygen atoms in total. The van der Waals surface area contributed by atoms with Crippen LogP contribution in [0.5, 0.6) is 11.5 Å². The summed E-state index contributed by atoms with van der Waals surface area (Å²) < 4.78 is 37.5. The number of nitrogens with one attached hydrogen (secondary N) is 1. The van der Waals surface area contributed by atoms with Crippen molar-refractivity contribution < 1.29 is 17.9 Å². The molecule has 2 aliphatic rings. The molecule has 7 heteroatoms. The van der Waals surface area contributed by atoms with Gasteiger partial charge in [-0.3, -0.25) is 0 Å². The molecule has 20 heavy (non-hydrogen) atoms. The highest BCUT2D eigenvalue weighted by Gasteiger charge is 2.34. The van der Waals surface area contributed by atoms with Gasteiger partial charge in [0.25, 0.3) is 0 Å². The second-order valence-electron chi connectivity index (χ2n) is 5.11. The van der Waals surface area contributed by atoms with Crippen LogP contribution in [0.4, 0.5) is 0 Å². The summed E-state index contributed by atoms with van der Waals surface area (Å²) in [5.41, 5.74) is 0.683. The Kier molecular flexibility index (Phi) is 3.35. The van der Waals surface area contributed by atoms with Gasteiger partial charge in [0.15, 0.2) is 11.5 Å². The first-order chi connectivity index (χ1) is 9.52. The Morgan fingerprint density at radius 1 is 1.30 bits per heavy atom. The van der Waals surface area contributed by atoms with Crippen molar-refractivity contribution in [3.63, 3.8) is 0 Å². The molecule has 0 spiro atoms. The molecular weight excluding hydrogens is 280 g/mol. The predicted molar refractivity (Wildman–Crippen MR) is 73.5 cm³/mol. The van der Waals surface area contributed by atoms with E-state index in [-0.39, 0.29) is 12.8 Å². The lowest BCUT2D eigenvalue weighted by Gasteiger charge is -2.18. The second-order valence-corrected chi connectivity index (χ2v) is 7.01. The summed E-state index contributed by atoms with van der Waals surface area (Å²) in [5.74, 6) is 1.11. The molecule has 1 aromatic rings. The number of sulfonamides is 1. The molecule has 0 radical (unpaired) electrons. The second kappa shape index (κ2) is 4.91. The van der Waals surface area contributed by atoms with Gasteiger partial charge in [0.2, 0.25) is 16.8 Å². The van der Waals surface area contributed by atoms with Gasteiger partial charge in [-0.25, -0.2) is 8.42 Å². The molecule has 2 heterocycles. The summed E-state index contributed by atoms with van der Waals surface area (Å²) >= 11 is 0. The van der Waals surface area contributed by atoms with E-state index in [1.54, 1.807) is 19.1 Å². The van der Waals surface area contributed by atoms with Crippen LogP contribution in [0.2, 0.25) is 0 Å².